The summed E-state index contributed by atoms with van der Waals surface area (Å²) in [5.74, 6) is 3.69. The molecule has 0 aliphatic heterocycles. The highest BCUT2D eigenvalue weighted by Gasteiger charge is 2.19. The van der Waals surface area contributed by atoms with E-state index in [1.807, 2.05) is 6.07 Å². The highest BCUT2D eigenvalue weighted by Crippen LogP contribution is 2.32. The number of hydrogen-bond donors (Lipinski definition) is 1. The van der Waals surface area contributed by atoms with Gasteiger partial charge in [0.2, 0.25) is 5.88 Å². The van der Waals surface area contributed by atoms with Crippen LogP contribution in [0, 0.1) is 5.92 Å². The molecule has 0 aromatic carbocycles. The van der Waals surface area contributed by atoms with Gasteiger partial charge in [0.25, 0.3) is 0 Å². The molecule has 0 saturated heterocycles. The molecule has 0 atom stereocenters. The fourth-order valence-corrected chi connectivity index (χ4v) is 2.67. The Labute approximate surface area is 128 Å². The van der Waals surface area contributed by atoms with Crippen LogP contribution >= 0.6 is 0 Å². The van der Waals surface area contributed by atoms with Crippen molar-refractivity contribution in [3.8, 4) is 5.88 Å². The Morgan fingerprint density at radius 2 is 2.00 bits per heavy atom. The Bertz CT molecular complexity index is 428. The number of nitrogens with one attached hydrogen (secondary N) is 1. The van der Waals surface area contributed by atoms with Gasteiger partial charge in [-0.2, -0.15) is 4.98 Å². The summed E-state index contributed by atoms with van der Waals surface area (Å²) in [4.78, 5) is 9.38. The number of ether oxygens (including phenoxy) is 1. The molecular formula is C17H29N3O. The van der Waals surface area contributed by atoms with E-state index in [0.717, 1.165) is 30.5 Å². The molecule has 0 spiro atoms. The molecule has 1 heterocycles. The van der Waals surface area contributed by atoms with Crippen molar-refractivity contribution < 1.29 is 4.74 Å². The quantitative estimate of drug-likeness (QED) is 0.809. The maximum Gasteiger partial charge on any atom is 0.218 e. The summed E-state index contributed by atoms with van der Waals surface area (Å²) in [7, 11) is 0. The molecule has 4 heteroatoms. The van der Waals surface area contributed by atoms with E-state index in [1.165, 1.54) is 32.1 Å². The van der Waals surface area contributed by atoms with Gasteiger partial charge in [0.05, 0.1) is 6.61 Å². The molecule has 4 nitrogen and oxygen atoms in total. The number of nitrogens with zero attached hydrogens (tertiary/aromatic N) is 2. The first-order valence-electron chi connectivity index (χ1n) is 8.44. The average molecular weight is 291 g/mol. The molecule has 1 saturated carbocycles. The van der Waals surface area contributed by atoms with Crippen molar-refractivity contribution in [2.24, 2.45) is 5.92 Å². The molecule has 1 aliphatic rings. The van der Waals surface area contributed by atoms with Gasteiger partial charge >= 0.3 is 0 Å². The second-order valence-electron chi connectivity index (χ2n) is 6.41. The van der Waals surface area contributed by atoms with Crippen LogP contribution in [0.5, 0.6) is 5.88 Å². The summed E-state index contributed by atoms with van der Waals surface area (Å²) >= 11 is 0. The molecule has 0 radical (unpaired) electrons. The summed E-state index contributed by atoms with van der Waals surface area (Å²) < 4.78 is 5.74. The second-order valence-corrected chi connectivity index (χ2v) is 6.41. The molecule has 0 unspecified atom stereocenters. The van der Waals surface area contributed by atoms with E-state index in [9.17, 15) is 0 Å². The van der Waals surface area contributed by atoms with Crippen LogP contribution in [0.15, 0.2) is 6.07 Å². The molecule has 1 N–H and O–H groups in total. The Kier molecular flexibility index (Phi) is 6.27. The fourth-order valence-electron chi connectivity index (χ4n) is 2.67. The van der Waals surface area contributed by atoms with E-state index in [2.05, 4.69) is 31.1 Å². The van der Waals surface area contributed by atoms with Crippen LogP contribution in [-0.2, 0) is 0 Å². The van der Waals surface area contributed by atoms with Crippen LogP contribution in [0.4, 0.5) is 5.82 Å². The van der Waals surface area contributed by atoms with E-state index in [4.69, 9.17) is 9.72 Å². The molecule has 0 amide bonds. The highest BCUT2D eigenvalue weighted by atomic mass is 16.5. The van der Waals surface area contributed by atoms with Gasteiger partial charge in [0.15, 0.2) is 0 Å². The van der Waals surface area contributed by atoms with E-state index in [-0.39, 0.29) is 0 Å². The Balaban J connectivity index is 2.14. The predicted molar refractivity (Wildman–Crippen MR) is 87.0 cm³/mol. The first kappa shape index (κ1) is 16.1. The topological polar surface area (TPSA) is 47.0 Å². The third-order valence-electron chi connectivity index (χ3n) is 3.84. The summed E-state index contributed by atoms with van der Waals surface area (Å²) in [6, 6.07) is 1.93. The van der Waals surface area contributed by atoms with Crippen molar-refractivity contribution in [1.29, 1.82) is 0 Å². The summed E-state index contributed by atoms with van der Waals surface area (Å²) in [5, 5.41) is 3.41. The summed E-state index contributed by atoms with van der Waals surface area (Å²) in [6.45, 7) is 8.15. The first-order valence-corrected chi connectivity index (χ1v) is 8.44. The molecule has 118 valence electrons. The molecule has 21 heavy (non-hydrogen) atoms. The van der Waals surface area contributed by atoms with Gasteiger partial charge in [0.1, 0.15) is 11.6 Å². The van der Waals surface area contributed by atoms with Crippen molar-refractivity contribution in [2.45, 2.75) is 65.2 Å². The van der Waals surface area contributed by atoms with E-state index in [1.54, 1.807) is 0 Å². The summed E-state index contributed by atoms with van der Waals surface area (Å²) in [5.41, 5.74) is 0. The Morgan fingerprint density at radius 1 is 1.24 bits per heavy atom. The molecule has 1 aromatic heterocycles. The zero-order chi connectivity index (χ0) is 15.1. The second kappa shape index (κ2) is 8.20. The van der Waals surface area contributed by atoms with E-state index >= 15 is 0 Å². The number of rotatable bonds is 7. The Hall–Kier alpha value is -1.32. The van der Waals surface area contributed by atoms with Crippen LogP contribution in [-0.4, -0.2) is 23.1 Å². The van der Waals surface area contributed by atoms with Gasteiger partial charge < -0.3 is 10.1 Å². The van der Waals surface area contributed by atoms with Crippen LogP contribution in [0.3, 0.4) is 0 Å². The zero-order valence-corrected chi connectivity index (χ0v) is 13.7. The molecule has 1 aliphatic carbocycles. The third-order valence-corrected chi connectivity index (χ3v) is 3.84. The average Bonchev–Trinajstić information content (AvgIpc) is 2.51. The predicted octanol–water partition coefficient (Wildman–Crippen LogP) is 4.38. The minimum Gasteiger partial charge on any atom is -0.478 e. The maximum atomic E-state index is 5.74. The lowest BCUT2D eigenvalue weighted by molar-refractivity contribution is 0.301. The Morgan fingerprint density at radius 3 is 2.67 bits per heavy atom. The minimum atomic E-state index is 0.503. The van der Waals surface area contributed by atoms with E-state index < -0.39 is 0 Å². The lowest BCUT2D eigenvalue weighted by Crippen LogP contribution is -2.14. The SMILES string of the molecule is CCCOc1cc(NCC(C)C)nc(C2CCCCC2)n1. The maximum absolute atomic E-state index is 5.74. The monoisotopic (exact) mass is 291 g/mol. The van der Waals surface area contributed by atoms with Crippen molar-refractivity contribution in [3.05, 3.63) is 11.9 Å². The summed E-state index contributed by atoms with van der Waals surface area (Å²) in [6.07, 6.45) is 7.35. The van der Waals surface area contributed by atoms with Crippen molar-refractivity contribution >= 4 is 5.82 Å². The van der Waals surface area contributed by atoms with Crippen LogP contribution in [0.1, 0.15) is 71.0 Å². The standard InChI is InChI=1S/C17H29N3O/c1-4-10-21-16-11-15(18-12-13(2)3)19-17(20-16)14-8-6-5-7-9-14/h11,13-14H,4-10,12H2,1-3H3,(H,18,19,20). The number of hydrogen-bond acceptors (Lipinski definition) is 4. The lowest BCUT2D eigenvalue weighted by Gasteiger charge is -2.21. The number of aromatic nitrogens is 2. The van der Waals surface area contributed by atoms with Crippen LogP contribution in [0.25, 0.3) is 0 Å². The van der Waals surface area contributed by atoms with Crippen LogP contribution in [0.2, 0.25) is 0 Å². The van der Waals surface area contributed by atoms with Crippen molar-refractivity contribution in [3.63, 3.8) is 0 Å². The van der Waals surface area contributed by atoms with Crippen molar-refractivity contribution in [2.75, 3.05) is 18.5 Å². The number of anilines is 1. The van der Waals surface area contributed by atoms with Gasteiger partial charge in [-0.3, -0.25) is 0 Å². The molecule has 0 bridgehead atoms. The molecule has 1 fully saturated rings. The fraction of sp³-hybridized carbons (Fsp3) is 0.765. The molecule has 1 aromatic rings. The lowest BCUT2D eigenvalue weighted by atomic mass is 9.89. The van der Waals surface area contributed by atoms with Crippen molar-refractivity contribution in [1.82, 2.24) is 9.97 Å². The zero-order valence-electron chi connectivity index (χ0n) is 13.7. The molecule has 2 rings (SSSR count). The highest BCUT2D eigenvalue weighted by molar-refractivity contribution is 5.39. The largest absolute Gasteiger partial charge is 0.478 e. The minimum absolute atomic E-state index is 0.503. The van der Waals surface area contributed by atoms with Gasteiger partial charge in [-0.05, 0) is 25.2 Å². The van der Waals surface area contributed by atoms with Crippen LogP contribution < -0.4 is 10.1 Å². The molecular weight excluding hydrogens is 262 g/mol. The first-order chi connectivity index (χ1) is 10.2. The third kappa shape index (κ3) is 5.18. The normalized spacial score (nSPS) is 16.2. The van der Waals surface area contributed by atoms with Gasteiger partial charge in [-0.1, -0.05) is 40.0 Å². The van der Waals surface area contributed by atoms with E-state index in [0.29, 0.717) is 18.4 Å². The van der Waals surface area contributed by atoms with Gasteiger partial charge in [-0.25, -0.2) is 4.98 Å². The van der Waals surface area contributed by atoms with Gasteiger partial charge in [-0.15, -0.1) is 0 Å². The van der Waals surface area contributed by atoms with Gasteiger partial charge in [0, 0.05) is 18.5 Å². The smallest absolute Gasteiger partial charge is 0.218 e.